The molecule has 0 aliphatic heterocycles. The predicted octanol–water partition coefficient (Wildman–Crippen LogP) is 4.65. The molecule has 0 fully saturated rings. The fourth-order valence-electron chi connectivity index (χ4n) is 3.53. The fourth-order valence-corrected chi connectivity index (χ4v) is 5.10. The van der Waals surface area contributed by atoms with Gasteiger partial charge < -0.3 is 10.3 Å². The quantitative estimate of drug-likeness (QED) is 0.208. The second kappa shape index (κ2) is 9.57. The minimum Gasteiger partial charge on any atom is -0.341 e. The lowest BCUT2D eigenvalue weighted by atomic mass is 10.1. The van der Waals surface area contributed by atoms with Crippen molar-refractivity contribution in [3.63, 3.8) is 0 Å². The summed E-state index contributed by atoms with van der Waals surface area (Å²) in [5, 5.41) is 2.66. The van der Waals surface area contributed by atoms with Crippen molar-refractivity contribution in [1.29, 1.82) is 0 Å². The lowest BCUT2D eigenvalue weighted by Gasteiger charge is -2.17. The van der Waals surface area contributed by atoms with Crippen LogP contribution >= 0.6 is 11.6 Å². The first-order valence-electron chi connectivity index (χ1n) is 10.4. The lowest BCUT2D eigenvalue weighted by molar-refractivity contribution is 0.563. The smallest absolute Gasteiger partial charge is 0.242 e. The molecule has 0 aliphatic carbocycles. The standard InChI is InChI=1S/C23H16ClF2N7O2S/c24-21(33-36(34,35)13-5-2-1-3-6-13)14-8-9-16(25)19(17(14)26)32-22-15(7-4-10-27-22)18-20-23(30-11-28-18)31-12-29-20/h1-12,21,33H,(H,27,32)(H,28,29,30,31). The Bertz CT molecular complexity index is 1670. The molecule has 0 saturated carbocycles. The molecule has 0 bridgehead atoms. The van der Waals surface area contributed by atoms with E-state index in [1.165, 1.54) is 43.1 Å². The van der Waals surface area contributed by atoms with Crippen LogP contribution in [0.25, 0.3) is 22.4 Å². The number of nitrogens with one attached hydrogen (secondary N) is 3. The number of fused-ring (bicyclic) bond motifs is 1. The molecule has 3 aromatic heterocycles. The van der Waals surface area contributed by atoms with Gasteiger partial charge in [-0.15, -0.1) is 0 Å². The summed E-state index contributed by atoms with van der Waals surface area (Å²) in [5.74, 6) is -1.92. The van der Waals surface area contributed by atoms with E-state index in [1.807, 2.05) is 0 Å². The summed E-state index contributed by atoms with van der Waals surface area (Å²) in [6.45, 7) is 0. The third kappa shape index (κ3) is 4.49. The van der Waals surface area contributed by atoms with Crippen LogP contribution in [0.2, 0.25) is 0 Å². The summed E-state index contributed by atoms with van der Waals surface area (Å²) in [5.41, 5.74) is -0.612. The van der Waals surface area contributed by atoms with Gasteiger partial charge in [0.1, 0.15) is 40.4 Å². The topological polar surface area (TPSA) is 126 Å². The molecule has 1 atom stereocenters. The Hall–Kier alpha value is -4.00. The third-order valence-corrected chi connectivity index (χ3v) is 7.15. The van der Waals surface area contributed by atoms with Gasteiger partial charge in [0.15, 0.2) is 11.5 Å². The van der Waals surface area contributed by atoms with Crippen molar-refractivity contribution in [3.05, 3.63) is 90.6 Å². The molecule has 5 rings (SSSR count). The van der Waals surface area contributed by atoms with Gasteiger partial charge in [0.2, 0.25) is 10.0 Å². The molecule has 3 heterocycles. The van der Waals surface area contributed by atoms with Gasteiger partial charge in [-0.3, -0.25) is 0 Å². The number of benzene rings is 2. The predicted molar refractivity (Wildman–Crippen MR) is 130 cm³/mol. The van der Waals surface area contributed by atoms with E-state index in [9.17, 15) is 12.8 Å². The first kappa shape index (κ1) is 23.7. The Morgan fingerprint density at radius 3 is 2.56 bits per heavy atom. The molecule has 182 valence electrons. The summed E-state index contributed by atoms with van der Waals surface area (Å²) in [6, 6.07) is 12.8. The summed E-state index contributed by atoms with van der Waals surface area (Å²) in [6.07, 6.45) is 4.20. The van der Waals surface area contributed by atoms with E-state index < -0.39 is 32.8 Å². The van der Waals surface area contributed by atoms with Gasteiger partial charge in [-0.2, -0.15) is 4.72 Å². The van der Waals surface area contributed by atoms with Gasteiger partial charge in [0, 0.05) is 17.3 Å². The summed E-state index contributed by atoms with van der Waals surface area (Å²) in [4.78, 5) is 19.5. The molecular weight excluding hydrogens is 512 g/mol. The van der Waals surface area contributed by atoms with Crippen molar-refractivity contribution in [2.45, 2.75) is 10.4 Å². The number of alkyl halides is 1. The molecule has 13 heteroatoms. The molecular formula is C23H16ClF2N7O2S. The SMILES string of the molecule is O=S(=O)(NC(Cl)c1ccc(F)c(Nc2ncccc2-c2ncnc3nc[nH]c23)c1F)c1ccccc1. The number of hydrogen-bond acceptors (Lipinski definition) is 7. The van der Waals surface area contributed by atoms with Crippen molar-refractivity contribution in [2.24, 2.45) is 0 Å². The van der Waals surface area contributed by atoms with Gasteiger partial charge >= 0.3 is 0 Å². The van der Waals surface area contributed by atoms with Gasteiger partial charge in [-0.1, -0.05) is 35.9 Å². The van der Waals surface area contributed by atoms with E-state index in [4.69, 9.17) is 11.6 Å². The van der Waals surface area contributed by atoms with E-state index in [0.29, 0.717) is 22.4 Å². The van der Waals surface area contributed by atoms with Gasteiger partial charge in [0.25, 0.3) is 0 Å². The van der Waals surface area contributed by atoms with Crippen LogP contribution in [0.3, 0.4) is 0 Å². The number of aromatic amines is 1. The average Bonchev–Trinajstić information content (AvgIpc) is 3.36. The van der Waals surface area contributed by atoms with Crippen molar-refractivity contribution in [2.75, 3.05) is 5.32 Å². The number of sulfonamides is 1. The number of aromatic nitrogens is 5. The Labute approximate surface area is 208 Å². The van der Waals surface area contributed by atoms with Crippen LogP contribution < -0.4 is 10.0 Å². The van der Waals surface area contributed by atoms with Gasteiger partial charge in [0.05, 0.1) is 11.2 Å². The number of pyridine rings is 1. The maximum Gasteiger partial charge on any atom is 0.242 e. The molecule has 36 heavy (non-hydrogen) atoms. The first-order chi connectivity index (χ1) is 17.3. The van der Waals surface area contributed by atoms with Crippen LogP contribution in [0.5, 0.6) is 0 Å². The highest BCUT2D eigenvalue weighted by molar-refractivity contribution is 7.89. The van der Waals surface area contributed by atoms with E-state index in [-0.39, 0.29) is 16.3 Å². The van der Waals surface area contributed by atoms with Crippen molar-refractivity contribution >= 4 is 44.3 Å². The van der Waals surface area contributed by atoms with Crippen LogP contribution in [0.1, 0.15) is 11.1 Å². The zero-order chi connectivity index (χ0) is 25.3. The number of halogens is 3. The van der Waals surface area contributed by atoms with Crippen molar-refractivity contribution in [3.8, 4) is 11.3 Å². The highest BCUT2D eigenvalue weighted by atomic mass is 35.5. The monoisotopic (exact) mass is 527 g/mol. The van der Waals surface area contributed by atoms with Crippen molar-refractivity contribution in [1.82, 2.24) is 29.6 Å². The third-order valence-electron chi connectivity index (χ3n) is 5.24. The minimum absolute atomic E-state index is 0.0513. The minimum atomic E-state index is -4.06. The largest absolute Gasteiger partial charge is 0.341 e. The second-order valence-corrected chi connectivity index (χ2v) is 9.62. The Kier molecular flexibility index (Phi) is 6.31. The maximum absolute atomic E-state index is 15.5. The van der Waals surface area contributed by atoms with E-state index in [1.54, 1.807) is 18.2 Å². The van der Waals surface area contributed by atoms with Crippen LogP contribution in [-0.4, -0.2) is 33.3 Å². The van der Waals surface area contributed by atoms with Crippen LogP contribution in [0.4, 0.5) is 20.3 Å². The van der Waals surface area contributed by atoms with Gasteiger partial charge in [-0.05, 0) is 30.3 Å². The van der Waals surface area contributed by atoms with Crippen molar-refractivity contribution < 1.29 is 17.2 Å². The number of hydrogen-bond donors (Lipinski definition) is 3. The number of rotatable bonds is 7. The number of nitrogens with zero attached hydrogens (tertiary/aromatic N) is 4. The number of H-pyrrole nitrogens is 1. The normalized spacial score (nSPS) is 12.5. The summed E-state index contributed by atoms with van der Waals surface area (Å²) in [7, 11) is -4.06. The lowest BCUT2D eigenvalue weighted by Crippen LogP contribution is -2.26. The molecule has 5 aromatic rings. The molecule has 3 N–H and O–H groups in total. The number of imidazole rings is 1. The van der Waals surface area contributed by atoms with Crippen LogP contribution in [0.15, 0.2) is 78.3 Å². The van der Waals surface area contributed by atoms with E-state index >= 15 is 4.39 Å². The number of anilines is 2. The maximum atomic E-state index is 15.5. The van der Waals surface area contributed by atoms with E-state index in [0.717, 1.165) is 12.1 Å². The average molecular weight is 528 g/mol. The zero-order valence-electron chi connectivity index (χ0n) is 18.2. The molecule has 1 unspecified atom stereocenters. The first-order valence-corrected chi connectivity index (χ1v) is 12.3. The zero-order valence-corrected chi connectivity index (χ0v) is 19.7. The highest BCUT2D eigenvalue weighted by Gasteiger charge is 2.25. The summed E-state index contributed by atoms with van der Waals surface area (Å²) >= 11 is 6.23. The molecule has 2 aromatic carbocycles. The Morgan fingerprint density at radius 1 is 0.944 bits per heavy atom. The van der Waals surface area contributed by atoms with Gasteiger partial charge in [-0.25, -0.2) is 37.1 Å². The molecule has 0 saturated heterocycles. The van der Waals surface area contributed by atoms with Crippen LogP contribution in [0, 0.1) is 11.6 Å². The molecule has 9 nitrogen and oxygen atoms in total. The van der Waals surface area contributed by atoms with E-state index in [2.05, 4.69) is 35.0 Å². The molecule has 0 spiro atoms. The Balaban J connectivity index is 1.50. The molecule has 0 amide bonds. The van der Waals surface area contributed by atoms with Crippen LogP contribution in [-0.2, 0) is 10.0 Å². The second-order valence-electron chi connectivity index (χ2n) is 7.47. The molecule has 0 radical (unpaired) electrons. The fraction of sp³-hybridized carbons (Fsp3) is 0.0435. The Morgan fingerprint density at radius 2 is 1.75 bits per heavy atom. The molecule has 0 aliphatic rings. The highest BCUT2D eigenvalue weighted by Crippen LogP contribution is 2.34. The summed E-state index contributed by atoms with van der Waals surface area (Å²) < 4.78 is 57.7.